The Morgan fingerprint density at radius 3 is 2.30 bits per heavy atom. The van der Waals surface area contributed by atoms with E-state index in [1.54, 1.807) is 30.3 Å². The van der Waals surface area contributed by atoms with Gasteiger partial charge in [0.15, 0.2) is 5.69 Å². The minimum absolute atomic E-state index is 0.198. The van der Waals surface area contributed by atoms with Crippen molar-refractivity contribution in [2.45, 2.75) is 0 Å². The van der Waals surface area contributed by atoms with E-state index in [4.69, 9.17) is 5.11 Å². The minimum Gasteiger partial charge on any atom is -0.476 e. The Labute approximate surface area is 113 Å². The first-order valence-corrected chi connectivity index (χ1v) is 5.90. The molecule has 0 saturated carbocycles. The lowest BCUT2D eigenvalue weighted by atomic mass is 10.0. The first-order valence-electron chi connectivity index (χ1n) is 5.90. The maximum atomic E-state index is 12.9. The molecule has 0 fully saturated rings. The number of carboxylic acid groups (broad SMARTS) is 1. The van der Waals surface area contributed by atoms with Gasteiger partial charge in [-0.25, -0.2) is 9.18 Å². The summed E-state index contributed by atoms with van der Waals surface area (Å²) in [6, 6.07) is 12.5. The van der Waals surface area contributed by atoms with E-state index in [9.17, 15) is 14.4 Å². The summed E-state index contributed by atoms with van der Waals surface area (Å²) < 4.78 is 13.5. The first-order chi connectivity index (χ1) is 9.56. The third-order valence-electron chi connectivity index (χ3n) is 3.17. The van der Waals surface area contributed by atoms with Crippen LogP contribution in [0.5, 0.6) is 0 Å². The monoisotopic (exact) mass is 271 g/mol. The number of rotatable bonds is 2. The Bertz CT molecular complexity index is 806. The molecule has 0 spiro atoms. The van der Waals surface area contributed by atoms with Crippen LogP contribution in [0, 0.1) is 5.82 Å². The number of carboxylic acids is 1. The molecule has 0 radical (unpaired) electrons. The molecule has 4 nitrogen and oxygen atoms in total. The van der Waals surface area contributed by atoms with E-state index < -0.39 is 5.97 Å². The zero-order valence-corrected chi connectivity index (χ0v) is 10.2. The van der Waals surface area contributed by atoms with Crippen LogP contribution in [0.3, 0.4) is 0 Å². The van der Waals surface area contributed by atoms with Gasteiger partial charge in [0.05, 0.1) is 5.52 Å². The minimum atomic E-state index is -1.20. The van der Waals surface area contributed by atoms with Gasteiger partial charge in [-0.2, -0.15) is 4.73 Å². The van der Waals surface area contributed by atoms with Crippen molar-refractivity contribution in [3.05, 3.63) is 60.0 Å². The zero-order valence-electron chi connectivity index (χ0n) is 10.2. The van der Waals surface area contributed by atoms with Gasteiger partial charge in [0.1, 0.15) is 5.82 Å². The SMILES string of the molecule is O=C(O)c1cc2cc(-c3ccc(F)cc3)ccc2n1O. The molecule has 20 heavy (non-hydrogen) atoms. The van der Waals surface area contributed by atoms with Crippen LogP contribution in [-0.4, -0.2) is 21.0 Å². The second-order valence-electron chi connectivity index (χ2n) is 4.43. The number of aromatic nitrogens is 1. The van der Waals surface area contributed by atoms with Crippen molar-refractivity contribution >= 4 is 16.9 Å². The fourth-order valence-electron chi connectivity index (χ4n) is 2.18. The number of hydrogen-bond acceptors (Lipinski definition) is 2. The normalized spacial score (nSPS) is 10.8. The van der Waals surface area contributed by atoms with Gasteiger partial charge in [-0.3, -0.25) is 0 Å². The molecular weight excluding hydrogens is 261 g/mol. The lowest BCUT2D eigenvalue weighted by Gasteiger charge is -2.02. The van der Waals surface area contributed by atoms with E-state index in [-0.39, 0.29) is 11.5 Å². The average Bonchev–Trinajstić information content (AvgIpc) is 2.77. The molecule has 3 rings (SSSR count). The summed E-state index contributed by atoms with van der Waals surface area (Å²) in [6.45, 7) is 0. The Kier molecular flexibility index (Phi) is 2.68. The molecule has 0 amide bonds. The first kappa shape index (κ1) is 12.2. The highest BCUT2D eigenvalue weighted by molar-refractivity contribution is 5.95. The van der Waals surface area contributed by atoms with Crippen LogP contribution in [-0.2, 0) is 0 Å². The lowest BCUT2D eigenvalue weighted by Crippen LogP contribution is -2.04. The zero-order chi connectivity index (χ0) is 14.3. The number of fused-ring (bicyclic) bond motifs is 1. The summed E-state index contributed by atoms with van der Waals surface area (Å²) in [5.74, 6) is -1.52. The number of halogens is 1. The van der Waals surface area contributed by atoms with Gasteiger partial charge in [-0.1, -0.05) is 18.2 Å². The summed E-state index contributed by atoms with van der Waals surface area (Å²) in [4.78, 5) is 11.0. The van der Waals surface area contributed by atoms with Crippen LogP contribution in [0.15, 0.2) is 48.5 Å². The van der Waals surface area contributed by atoms with Crippen LogP contribution < -0.4 is 0 Å². The Morgan fingerprint density at radius 1 is 1.00 bits per heavy atom. The molecule has 2 aromatic carbocycles. The van der Waals surface area contributed by atoms with E-state index >= 15 is 0 Å². The number of benzene rings is 2. The fraction of sp³-hybridized carbons (Fsp3) is 0. The van der Waals surface area contributed by atoms with Crippen molar-refractivity contribution in [1.29, 1.82) is 0 Å². The van der Waals surface area contributed by atoms with Gasteiger partial charge >= 0.3 is 5.97 Å². The summed E-state index contributed by atoms with van der Waals surface area (Å²) in [7, 11) is 0. The molecule has 1 aromatic heterocycles. The molecule has 0 bridgehead atoms. The summed E-state index contributed by atoms with van der Waals surface area (Å²) >= 11 is 0. The van der Waals surface area contributed by atoms with Crippen molar-refractivity contribution < 1.29 is 19.5 Å². The van der Waals surface area contributed by atoms with Gasteiger partial charge in [0.2, 0.25) is 0 Å². The molecule has 1 heterocycles. The van der Waals surface area contributed by atoms with Gasteiger partial charge < -0.3 is 10.3 Å². The van der Waals surface area contributed by atoms with E-state index in [0.717, 1.165) is 11.1 Å². The third-order valence-corrected chi connectivity index (χ3v) is 3.17. The lowest BCUT2D eigenvalue weighted by molar-refractivity contribution is 0.0649. The van der Waals surface area contributed by atoms with E-state index in [1.165, 1.54) is 18.2 Å². The largest absolute Gasteiger partial charge is 0.476 e. The summed E-state index contributed by atoms with van der Waals surface area (Å²) in [5.41, 5.74) is 1.85. The fourth-order valence-corrected chi connectivity index (χ4v) is 2.18. The van der Waals surface area contributed by atoms with Crippen molar-refractivity contribution in [3.63, 3.8) is 0 Å². The molecule has 2 N–H and O–H groups in total. The highest BCUT2D eigenvalue weighted by Gasteiger charge is 2.14. The van der Waals surface area contributed by atoms with E-state index in [1.807, 2.05) is 0 Å². The summed E-state index contributed by atoms with van der Waals surface area (Å²) in [5, 5.41) is 19.3. The second kappa shape index (κ2) is 4.38. The highest BCUT2D eigenvalue weighted by Crippen LogP contribution is 2.26. The van der Waals surface area contributed by atoms with Crippen LogP contribution >= 0.6 is 0 Å². The smallest absolute Gasteiger partial charge is 0.356 e. The van der Waals surface area contributed by atoms with Crippen LogP contribution in [0.4, 0.5) is 4.39 Å². The topological polar surface area (TPSA) is 62.5 Å². The maximum Gasteiger partial charge on any atom is 0.356 e. The molecular formula is C15H10FNO3. The van der Waals surface area contributed by atoms with Gasteiger partial charge in [-0.15, -0.1) is 0 Å². The van der Waals surface area contributed by atoms with E-state index in [0.29, 0.717) is 15.6 Å². The Hall–Kier alpha value is -2.82. The number of hydrogen-bond donors (Lipinski definition) is 2. The van der Waals surface area contributed by atoms with Gasteiger partial charge in [0, 0.05) is 5.39 Å². The quantitative estimate of drug-likeness (QED) is 0.702. The Morgan fingerprint density at radius 2 is 1.65 bits per heavy atom. The van der Waals surface area contributed by atoms with E-state index in [2.05, 4.69) is 0 Å². The molecule has 0 aliphatic carbocycles. The van der Waals surface area contributed by atoms with Crippen molar-refractivity contribution in [2.24, 2.45) is 0 Å². The standard InChI is InChI=1S/C15H10FNO3/c16-12-4-1-9(2-5-12)10-3-6-13-11(7-10)8-14(15(18)19)17(13)20/h1-8,20H,(H,18,19). The number of carbonyl (C=O) groups is 1. The van der Waals surface area contributed by atoms with Gasteiger partial charge in [0.25, 0.3) is 0 Å². The van der Waals surface area contributed by atoms with Crippen LogP contribution in [0.2, 0.25) is 0 Å². The Balaban J connectivity index is 2.15. The average molecular weight is 271 g/mol. The van der Waals surface area contributed by atoms with Crippen molar-refractivity contribution in [3.8, 4) is 11.1 Å². The molecule has 3 aromatic rings. The molecule has 0 aliphatic heterocycles. The highest BCUT2D eigenvalue weighted by atomic mass is 19.1. The molecule has 0 atom stereocenters. The van der Waals surface area contributed by atoms with Crippen molar-refractivity contribution in [1.82, 2.24) is 4.73 Å². The molecule has 0 unspecified atom stereocenters. The van der Waals surface area contributed by atoms with Crippen molar-refractivity contribution in [2.75, 3.05) is 0 Å². The predicted molar refractivity (Wildman–Crippen MR) is 71.5 cm³/mol. The summed E-state index contributed by atoms with van der Waals surface area (Å²) in [6.07, 6.45) is 0. The third kappa shape index (κ3) is 1.89. The second-order valence-corrected chi connectivity index (χ2v) is 4.43. The molecule has 0 saturated heterocycles. The molecule has 5 heteroatoms. The predicted octanol–water partition coefficient (Wildman–Crippen LogP) is 3.38. The van der Waals surface area contributed by atoms with Crippen LogP contribution in [0.25, 0.3) is 22.0 Å². The molecule has 100 valence electrons. The maximum absolute atomic E-state index is 12.9. The molecule has 0 aliphatic rings. The number of aromatic carboxylic acids is 1. The number of nitrogens with zero attached hydrogens (tertiary/aromatic N) is 1. The van der Waals surface area contributed by atoms with Crippen LogP contribution in [0.1, 0.15) is 10.5 Å². The van der Waals surface area contributed by atoms with Gasteiger partial charge in [-0.05, 0) is 41.5 Å².